The molecule has 0 saturated heterocycles. The molecule has 18 rings (SSSR count). The van der Waals surface area contributed by atoms with Gasteiger partial charge in [-0.3, -0.25) is 0 Å². The zero-order valence-corrected chi connectivity index (χ0v) is 62.1. The van der Waals surface area contributed by atoms with Crippen LogP contribution in [0.3, 0.4) is 0 Å². The van der Waals surface area contributed by atoms with E-state index in [9.17, 15) is 10.2 Å². The van der Waals surface area contributed by atoms with Crippen LogP contribution in [0.25, 0.3) is 88.3 Å². The monoisotopic (exact) mass is 1420 g/mol. The Hall–Kier alpha value is -7.43. The summed E-state index contributed by atoms with van der Waals surface area (Å²) >= 11 is 7.56. The third-order valence-corrected chi connectivity index (χ3v) is 23.2. The molecular weight excluding hydrogens is 1350 g/mol. The molecular formula is C88H72Br2NaO5P. The van der Waals surface area contributed by atoms with Crippen molar-refractivity contribution in [2.45, 2.75) is 88.3 Å². The maximum Gasteiger partial charge on any atom is 1.00 e. The predicted molar refractivity (Wildman–Crippen MR) is 403 cm³/mol. The molecule has 5 aliphatic rings. The number of aliphatic hydroxyl groups is 2. The van der Waals surface area contributed by atoms with Gasteiger partial charge in [-0.25, -0.2) is 9.93 Å². The van der Waals surface area contributed by atoms with Gasteiger partial charge in [0.1, 0.15) is 11.2 Å². The Balaban J connectivity index is 0.000000157. The molecule has 5 aliphatic carbocycles. The third kappa shape index (κ3) is 9.78. The van der Waals surface area contributed by atoms with Gasteiger partial charge in [0.25, 0.3) is 0 Å². The van der Waals surface area contributed by atoms with Gasteiger partial charge in [-0.1, -0.05) is 306 Å². The molecule has 4 N–H and O–H groups in total. The summed E-state index contributed by atoms with van der Waals surface area (Å²) in [7, 11) is 1.63. The van der Waals surface area contributed by atoms with Gasteiger partial charge in [-0.2, -0.15) is 0 Å². The molecule has 13 aromatic rings. The van der Waals surface area contributed by atoms with Gasteiger partial charge in [0.15, 0.2) is 0 Å². The second-order valence-corrected chi connectivity index (χ2v) is 30.5. The molecule has 0 saturated carbocycles. The van der Waals surface area contributed by atoms with Crippen LogP contribution in [0.4, 0.5) is 0 Å². The van der Waals surface area contributed by atoms with Crippen LogP contribution in [0.2, 0.25) is 0 Å². The zero-order valence-electron chi connectivity index (χ0n) is 55.8. The molecule has 474 valence electrons. The summed E-state index contributed by atoms with van der Waals surface area (Å²) in [6, 6.07) is 91.8. The minimum absolute atomic E-state index is 0. The van der Waals surface area contributed by atoms with Crippen molar-refractivity contribution < 1.29 is 55.2 Å². The standard InChI is InChI=1S/C44H35BrO2.C44H33Br.Na.H3O2P.H2O/c1-41(2)33-13-7-5-11-29(33)31-20-17-26(23-38(31)41)43(46)35-15-9-10-16-36(35)44(47,40-25-28(45)19-22-37(40)43)27-18-21-32-30-12-6-8-14-34(30)42(3,4)39(32)24-27;1-43(2)37-15-9-7-11-29(37)31-20-17-26(23-39(31)43)41-33-13-5-6-14-34(33)42(36-25-28(45)19-22-35(36)41)27-18-21-32-30-12-8-10-16-38(30)44(3,4)40(32)24-27;;1-2-3;/h5-25,46-47H,1-4H3;5-25H,1-4H3;;1H,3H2;1H2/q;;+1;;/p-1. The second-order valence-electron chi connectivity index (χ2n) is 28.5. The Morgan fingerprint density at radius 2 is 0.567 bits per heavy atom. The number of hydrogen-bond donors (Lipinski definition) is 3. The molecule has 0 bridgehead atoms. The van der Waals surface area contributed by atoms with Crippen LogP contribution in [-0.2, 0) is 37.5 Å². The Morgan fingerprint density at radius 3 is 0.969 bits per heavy atom. The van der Waals surface area contributed by atoms with E-state index in [1.54, 1.807) is 9.47 Å². The molecule has 3 atom stereocenters. The predicted octanol–water partition coefficient (Wildman–Crippen LogP) is 19.7. The van der Waals surface area contributed by atoms with Crippen LogP contribution in [0.5, 0.6) is 0 Å². The number of rotatable bonds is 4. The Labute approximate surface area is 609 Å². The average molecular weight is 1420 g/mol. The molecule has 0 radical (unpaired) electrons. The van der Waals surface area contributed by atoms with E-state index < -0.39 is 11.2 Å². The van der Waals surface area contributed by atoms with Crippen molar-refractivity contribution in [3.63, 3.8) is 0 Å². The Morgan fingerprint density at radius 1 is 0.289 bits per heavy atom. The van der Waals surface area contributed by atoms with Crippen LogP contribution < -0.4 is 29.6 Å². The van der Waals surface area contributed by atoms with E-state index in [2.05, 4.69) is 304 Å². The van der Waals surface area contributed by atoms with Crippen molar-refractivity contribution in [1.29, 1.82) is 0 Å². The van der Waals surface area contributed by atoms with Crippen molar-refractivity contribution >= 4 is 62.9 Å². The summed E-state index contributed by atoms with van der Waals surface area (Å²) in [5, 5.41) is 38.7. The quantitative estimate of drug-likeness (QED) is 0.0536. The first-order valence-corrected chi connectivity index (χ1v) is 34.7. The normalized spacial score (nSPS) is 17.9. The smallest absolute Gasteiger partial charge is 0.870 e. The van der Waals surface area contributed by atoms with Gasteiger partial charge in [0.2, 0.25) is 0 Å². The molecule has 0 spiro atoms. The molecule has 3 unspecified atom stereocenters. The van der Waals surface area contributed by atoms with Gasteiger partial charge in [0.05, 0.1) is 0 Å². The van der Waals surface area contributed by atoms with Gasteiger partial charge < -0.3 is 15.7 Å². The van der Waals surface area contributed by atoms with Gasteiger partial charge in [-0.15, -0.1) is 0 Å². The zero-order chi connectivity index (χ0) is 65.9. The fourth-order valence-electron chi connectivity index (χ4n) is 17.5. The molecule has 0 aromatic heterocycles. The van der Waals surface area contributed by atoms with Crippen LogP contribution in [0, 0.1) is 0 Å². The SMILES string of the molecule is CC1(C)c2ccccc2-c2ccc(-c3c4ccccc4c(-c4ccc5c(c4)C(C)(C)c4ccccc4-5)c4cc(Br)ccc34)cc21.CC1(C)c2ccccc2-c2ccc(C3(O)c4ccccc4C(O)(c4ccc5c(c4)C(C)(C)c4ccccc4-5)c4cc(Br)ccc43)cc21.OOP.[Na+].[OH-]. The first-order chi connectivity index (χ1) is 45.6. The molecule has 97 heavy (non-hydrogen) atoms. The molecule has 0 fully saturated rings. The van der Waals surface area contributed by atoms with E-state index in [4.69, 9.17) is 5.26 Å². The van der Waals surface area contributed by atoms with Gasteiger partial charge in [0, 0.05) is 45.6 Å². The van der Waals surface area contributed by atoms with Crippen molar-refractivity contribution in [2.24, 2.45) is 0 Å². The number of halogens is 2. The largest absolute Gasteiger partial charge is 1.00 e. The van der Waals surface area contributed by atoms with Crippen LogP contribution in [-0.4, -0.2) is 20.9 Å². The van der Waals surface area contributed by atoms with E-state index in [0.717, 1.165) is 20.1 Å². The summed E-state index contributed by atoms with van der Waals surface area (Å²) in [6.07, 6.45) is 0. The molecule has 0 aliphatic heterocycles. The fourth-order valence-corrected chi connectivity index (χ4v) is 18.2. The molecule has 0 heterocycles. The van der Waals surface area contributed by atoms with Crippen LogP contribution in [0.1, 0.15) is 133 Å². The molecule has 5 nitrogen and oxygen atoms in total. The maximum atomic E-state index is 13.3. The first kappa shape index (κ1) is 66.8. The van der Waals surface area contributed by atoms with E-state index in [-0.39, 0.29) is 56.7 Å². The Kier molecular flexibility index (Phi) is 16.7. The number of fused-ring (bicyclic) bond motifs is 16. The van der Waals surface area contributed by atoms with Gasteiger partial charge in [-0.05, 0) is 197 Å². The summed E-state index contributed by atoms with van der Waals surface area (Å²) < 4.78 is 5.10. The van der Waals surface area contributed by atoms with Crippen LogP contribution in [0.15, 0.2) is 264 Å². The number of benzene rings is 13. The third-order valence-electron chi connectivity index (χ3n) is 22.2. The number of hydrogen-bond acceptors (Lipinski definition) is 5. The Bertz CT molecular complexity index is 5420. The van der Waals surface area contributed by atoms with E-state index in [0.29, 0.717) is 22.3 Å². The van der Waals surface area contributed by atoms with Crippen LogP contribution >= 0.6 is 41.3 Å². The van der Waals surface area contributed by atoms with Crippen molar-refractivity contribution in [1.82, 2.24) is 0 Å². The van der Waals surface area contributed by atoms with E-state index >= 15 is 0 Å². The minimum atomic E-state index is -1.51. The fraction of sp³-hybridized carbons (Fsp3) is 0.159. The minimum Gasteiger partial charge on any atom is -0.870 e. The van der Waals surface area contributed by atoms with E-state index in [1.807, 2.05) is 42.5 Å². The maximum absolute atomic E-state index is 13.3. The van der Waals surface area contributed by atoms with Gasteiger partial charge >= 0.3 is 29.6 Å². The average Bonchev–Trinajstić information content (AvgIpc) is 1.03. The van der Waals surface area contributed by atoms with Crippen molar-refractivity contribution in [3.05, 3.63) is 342 Å². The topological polar surface area (TPSA) is 99.9 Å². The van der Waals surface area contributed by atoms with Crippen molar-refractivity contribution in [2.75, 3.05) is 0 Å². The molecule has 9 heteroatoms. The van der Waals surface area contributed by atoms with E-state index in [1.165, 1.54) is 133 Å². The molecule has 0 amide bonds. The van der Waals surface area contributed by atoms with Crippen molar-refractivity contribution in [3.8, 4) is 66.8 Å². The second kappa shape index (κ2) is 24.2. The summed E-state index contributed by atoms with van der Waals surface area (Å²) in [5.74, 6) is 0. The summed E-state index contributed by atoms with van der Waals surface area (Å²) in [6.45, 7) is 18.5. The first-order valence-electron chi connectivity index (χ1n) is 32.6. The summed E-state index contributed by atoms with van der Waals surface area (Å²) in [4.78, 5) is 0. The molecule has 13 aromatic carbocycles. The summed E-state index contributed by atoms with van der Waals surface area (Å²) in [5.41, 5.74) is 26.8.